The van der Waals surface area contributed by atoms with Crippen LogP contribution < -0.4 is 5.32 Å². The molecular weight excluding hydrogens is 448 g/mol. The number of carbonyl (C=O) groups excluding carboxylic acids is 1. The molecule has 2 N–H and O–H groups in total. The molecular formula is C31H48N2O3. The molecule has 0 aliphatic heterocycles. The van der Waals surface area contributed by atoms with E-state index < -0.39 is 0 Å². The Balaban J connectivity index is 1.25. The van der Waals surface area contributed by atoms with Crippen molar-refractivity contribution in [2.75, 3.05) is 7.11 Å². The molecule has 0 saturated heterocycles. The average molecular weight is 497 g/mol. The second-order valence-electron chi connectivity index (χ2n) is 13.2. The third-order valence-electron chi connectivity index (χ3n) is 11.9. The van der Waals surface area contributed by atoms with Crippen molar-refractivity contribution in [3.63, 3.8) is 0 Å². The van der Waals surface area contributed by atoms with Crippen LogP contribution in [-0.4, -0.2) is 35.3 Å². The van der Waals surface area contributed by atoms with Gasteiger partial charge in [0.25, 0.3) is 0 Å². The number of rotatable bonds is 7. The number of aromatic nitrogens is 1. The Morgan fingerprint density at radius 1 is 1.17 bits per heavy atom. The van der Waals surface area contributed by atoms with E-state index in [1.54, 1.807) is 0 Å². The molecule has 10 atom stereocenters. The summed E-state index contributed by atoms with van der Waals surface area (Å²) in [4.78, 5) is 16.3. The molecule has 4 fully saturated rings. The van der Waals surface area contributed by atoms with E-state index in [2.05, 4.69) is 43.2 Å². The van der Waals surface area contributed by atoms with E-state index in [1.807, 2.05) is 12.3 Å². The number of hydrogen-bond acceptors (Lipinski definition) is 5. The number of nitrogens with one attached hydrogen (secondary N) is 1. The maximum atomic E-state index is 11.8. The first-order chi connectivity index (χ1) is 17.3. The molecule has 5 rings (SSSR count). The fraction of sp³-hybridized carbons (Fsp3) is 0.806. The zero-order valence-electron chi connectivity index (χ0n) is 22.9. The van der Waals surface area contributed by atoms with Crippen molar-refractivity contribution in [3.8, 4) is 0 Å². The van der Waals surface area contributed by atoms with E-state index >= 15 is 0 Å². The predicted octanol–water partition coefficient (Wildman–Crippen LogP) is 5.76. The van der Waals surface area contributed by atoms with E-state index in [9.17, 15) is 9.90 Å². The van der Waals surface area contributed by atoms with Crippen molar-refractivity contribution in [3.05, 3.63) is 30.1 Å². The zero-order valence-corrected chi connectivity index (χ0v) is 22.9. The van der Waals surface area contributed by atoms with Crippen LogP contribution in [0.15, 0.2) is 24.4 Å². The van der Waals surface area contributed by atoms with Gasteiger partial charge in [0.1, 0.15) is 0 Å². The van der Waals surface area contributed by atoms with Gasteiger partial charge >= 0.3 is 5.97 Å². The van der Waals surface area contributed by atoms with E-state index in [0.717, 1.165) is 36.9 Å². The lowest BCUT2D eigenvalue weighted by Gasteiger charge is -2.62. The van der Waals surface area contributed by atoms with Gasteiger partial charge in [0.05, 0.1) is 18.9 Å². The Hall–Kier alpha value is -1.46. The van der Waals surface area contributed by atoms with Crippen LogP contribution in [0.2, 0.25) is 0 Å². The third-order valence-corrected chi connectivity index (χ3v) is 11.9. The molecule has 200 valence electrons. The fourth-order valence-electron chi connectivity index (χ4n) is 9.77. The van der Waals surface area contributed by atoms with Crippen molar-refractivity contribution in [1.82, 2.24) is 10.3 Å². The molecule has 5 nitrogen and oxygen atoms in total. The van der Waals surface area contributed by atoms with Crippen LogP contribution in [0.1, 0.15) is 90.7 Å². The quantitative estimate of drug-likeness (QED) is 0.470. The van der Waals surface area contributed by atoms with Gasteiger partial charge in [-0.25, -0.2) is 0 Å². The van der Waals surface area contributed by atoms with Crippen LogP contribution in [0.25, 0.3) is 0 Å². The molecule has 4 aliphatic rings. The van der Waals surface area contributed by atoms with Gasteiger partial charge in [-0.1, -0.05) is 26.8 Å². The molecule has 4 saturated carbocycles. The molecule has 1 aromatic heterocycles. The number of ether oxygens (including phenoxy) is 1. The van der Waals surface area contributed by atoms with Crippen LogP contribution in [0.4, 0.5) is 0 Å². The SMILES string of the molecule is COC(=O)CC[C@@H](C)C1CCC2C3CC[C@H]4C[C@@H](NCc5ccccn5)CC[C@]4(C)C3C[C@H](O)[C@@]21C. The van der Waals surface area contributed by atoms with Gasteiger partial charge in [-0.3, -0.25) is 9.78 Å². The first kappa shape index (κ1) is 26.2. The van der Waals surface area contributed by atoms with E-state index in [4.69, 9.17) is 4.74 Å². The molecule has 0 radical (unpaired) electrons. The largest absolute Gasteiger partial charge is 0.469 e. The normalized spacial score (nSPS) is 42.6. The second-order valence-corrected chi connectivity index (χ2v) is 13.2. The van der Waals surface area contributed by atoms with Crippen LogP contribution in [0, 0.1) is 46.3 Å². The second kappa shape index (κ2) is 10.4. The van der Waals surface area contributed by atoms with Crippen molar-refractivity contribution < 1.29 is 14.6 Å². The lowest BCUT2D eigenvalue weighted by atomic mass is 9.43. The summed E-state index contributed by atoms with van der Waals surface area (Å²) in [5.41, 5.74) is 1.46. The smallest absolute Gasteiger partial charge is 0.305 e. The van der Waals surface area contributed by atoms with Crippen molar-refractivity contribution in [2.45, 2.75) is 104 Å². The zero-order chi connectivity index (χ0) is 25.5. The lowest BCUT2D eigenvalue weighted by Crippen LogP contribution is -2.59. The highest BCUT2D eigenvalue weighted by molar-refractivity contribution is 5.69. The van der Waals surface area contributed by atoms with Gasteiger partial charge in [0.15, 0.2) is 0 Å². The standard InChI is InChI=1S/C31H48N2O3/c1-20(8-13-29(35)36-4)25-11-12-26-24-10-9-21-17-22(33-19-23-7-5-6-16-32-23)14-15-30(21,2)27(24)18-28(34)31(25,26)3/h5-7,16,20-22,24-28,33-34H,8-15,17-19H2,1-4H3/t20-,21+,22+,24?,25?,26?,27?,28+,30+,31-/m1/s1. The van der Waals surface area contributed by atoms with E-state index in [1.165, 1.54) is 52.1 Å². The molecule has 4 aliphatic carbocycles. The monoisotopic (exact) mass is 496 g/mol. The van der Waals surface area contributed by atoms with Crippen LogP contribution in [-0.2, 0) is 16.1 Å². The van der Waals surface area contributed by atoms with E-state index in [-0.39, 0.29) is 17.5 Å². The molecule has 36 heavy (non-hydrogen) atoms. The minimum absolute atomic E-state index is 0.0126. The summed E-state index contributed by atoms with van der Waals surface area (Å²) >= 11 is 0. The highest BCUT2D eigenvalue weighted by Crippen LogP contribution is 2.68. The number of carbonyl (C=O) groups is 1. The number of fused-ring (bicyclic) bond motifs is 5. The summed E-state index contributed by atoms with van der Waals surface area (Å²) < 4.78 is 4.90. The molecule has 1 aromatic rings. The number of pyridine rings is 1. The molecule has 5 heteroatoms. The highest BCUT2D eigenvalue weighted by Gasteiger charge is 2.63. The minimum atomic E-state index is -0.229. The van der Waals surface area contributed by atoms with Gasteiger partial charge in [-0.15, -0.1) is 0 Å². The number of nitrogens with zero attached hydrogens (tertiary/aromatic N) is 1. The van der Waals surface area contributed by atoms with Crippen molar-refractivity contribution >= 4 is 5.97 Å². The minimum Gasteiger partial charge on any atom is -0.469 e. The lowest BCUT2D eigenvalue weighted by molar-refractivity contribution is -0.170. The van der Waals surface area contributed by atoms with Crippen LogP contribution in [0.3, 0.4) is 0 Å². The first-order valence-electron chi connectivity index (χ1n) is 14.7. The topological polar surface area (TPSA) is 71.5 Å². The maximum absolute atomic E-state index is 11.8. The van der Waals surface area contributed by atoms with Crippen LogP contribution >= 0.6 is 0 Å². The Bertz CT molecular complexity index is 908. The summed E-state index contributed by atoms with van der Waals surface area (Å²) in [5.74, 6) is 3.59. The number of hydrogen-bond donors (Lipinski definition) is 2. The maximum Gasteiger partial charge on any atom is 0.305 e. The van der Waals surface area contributed by atoms with Gasteiger partial charge < -0.3 is 15.2 Å². The van der Waals surface area contributed by atoms with Gasteiger partial charge in [-0.05, 0) is 116 Å². The number of aliphatic hydroxyl groups is 1. The Labute approximate surface area is 218 Å². The Morgan fingerprint density at radius 2 is 2.00 bits per heavy atom. The predicted molar refractivity (Wildman–Crippen MR) is 142 cm³/mol. The average Bonchev–Trinajstić information content (AvgIpc) is 3.25. The summed E-state index contributed by atoms with van der Waals surface area (Å²) in [7, 11) is 1.48. The number of methoxy groups -OCH3 is 1. The summed E-state index contributed by atoms with van der Waals surface area (Å²) in [6.07, 6.45) is 12.9. The number of aliphatic hydroxyl groups excluding tert-OH is 1. The molecule has 0 bridgehead atoms. The highest BCUT2D eigenvalue weighted by atomic mass is 16.5. The molecule has 0 amide bonds. The first-order valence-corrected chi connectivity index (χ1v) is 14.7. The van der Waals surface area contributed by atoms with Crippen molar-refractivity contribution in [2.24, 2.45) is 46.3 Å². The van der Waals surface area contributed by atoms with Gasteiger partial charge in [0.2, 0.25) is 0 Å². The molecule has 4 unspecified atom stereocenters. The Kier molecular flexibility index (Phi) is 7.53. The van der Waals surface area contributed by atoms with Crippen molar-refractivity contribution in [1.29, 1.82) is 0 Å². The van der Waals surface area contributed by atoms with Crippen LogP contribution in [0.5, 0.6) is 0 Å². The van der Waals surface area contributed by atoms with Gasteiger partial charge in [-0.2, -0.15) is 0 Å². The van der Waals surface area contributed by atoms with E-state index in [0.29, 0.717) is 41.5 Å². The molecule has 0 aromatic carbocycles. The molecule has 0 spiro atoms. The third kappa shape index (κ3) is 4.53. The summed E-state index contributed by atoms with van der Waals surface area (Å²) in [6, 6.07) is 6.73. The summed E-state index contributed by atoms with van der Waals surface area (Å²) in [5, 5.41) is 15.6. The Morgan fingerprint density at radius 3 is 2.75 bits per heavy atom. The summed E-state index contributed by atoms with van der Waals surface area (Å²) in [6.45, 7) is 8.13. The molecule has 1 heterocycles. The fourth-order valence-corrected chi connectivity index (χ4v) is 9.77. The van der Waals surface area contributed by atoms with Gasteiger partial charge in [0, 0.05) is 25.2 Å². The number of esters is 1.